The van der Waals surface area contributed by atoms with Crippen LogP contribution in [-0.4, -0.2) is 61.5 Å². The van der Waals surface area contributed by atoms with Crippen LogP contribution < -0.4 is 16.4 Å². The van der Waals surface area contributed by atoms with Gasteiger partial charge in [-0.05, 0) is 235 Å². The quantitative estimate of drug-likeness (QED) is 0.0524. The van der Waals surface area contributed by atoms with Crippen molar-refractivity contribution in [1.82, 2.24) is 0 Å². The Labute approximate surface area is 700 Å². The van der Waals surface area contributed by atoms with Gasteiger partial charge in [0.25, 0.3) is 17.1 Å². The van der Waals surface area contributed by atoms with Crippen molar-refractivity contribution in [2.75, 3.05) is 32.4 Å². The maximum absolute atomic E-state index is 12.8. The van der Waals surface area contributed by atoms with Gasteiger partial charge >= 0.3 is 5.97 Å². The Balaban J connectivity index is 0.000000280. The summed E-state index contributed by atoms with van der Waals surface area (Å²) in [5, 5.41) is 24.4. The van der Waals surface area contributed by atoms with Crippen molar-refractivity contribution in [2.24, 2.45) is 0 Å². The standard InChI is InChI=1S/2C21H18ClNO2S2.C12H10ClNOS.C9H9ClOS.C9H10O2S.3CH2Cl2.3CH4/c2*1-12(24)19-16(13-6-8-15(22)9-7-13)11-26-21(19)23-20(25)18-10-14-4-2-3-5-17(14)27-18;1-7(15)11-10(6-16-12(11)14)8-2-4-9(13)5-3-8;2*10-9(11)8-5-6-3-1-2-4-7(6)12-8;3*2-1-3;;;/h2*6-11H,2-5H2,1H3,(H,23,25);2-6H,14H2,1H3;5H,1-4H2;5H,1-4H2,(H,10,11);3*1H2;3*1H4. The summed E-state index contributed by atoms with van der Waals surface area (Å²) in [7, 11) is 0. The van der Waals surface area contributed by atoms with Crippen LogP contribution in [0.4, 0.5) is 15.0 Å². The summed E-state index contributed by atoms with van der Waals surface area (Å²) in [6, 6.07) is 29.9. The number of halogens is 10. The van der Waals surface area contributed by atoms with Gasteiger partial charge in [0, 0.05) is 67.4 Å². The Morgan fingerprint density at radius 1 is 0.396 bits per heavy atom. The number of rotatable bonds is 12. The summed E-state index contributed by atoms with van der Waals surface area (Å²) in [5.41, 5.74) is 18.0. The average Bonchev–Trinajstić information content (AvgIpc) is 1.63. The third-order valence-electron chi connectivity index (χ3n) is 16.2. The molecule has 5 N–H and O–H groups in total. The van der Waals surface area contributed by atoms with E-state index in [1.807, 2.05) is 76.8 Å². The summed E-state index contributed by atoms with van der Waals surface area (Å²) in [6.07, 6.45) is 18.3. The van der Waals surface area contributed by atoms with Crippen LogP contribution in [0.15, 0.2) is 113 Å². The molecule has 0 unspecified atom stereocenters. The Morgan fingerprint density at radius 3 is 0.934 bits per heavy atom. The van der Waals surface area contributed by atoms with Crippen molar-refractivity contribution in [3.05, 3.63) is 206 Å². The van der Waals surface area contributed by atoms with Gasteiger partial charge in [0.2, 0.25) is 0 Å². The number of alkyl halides is 6. The minimum absolute atomic E-state index is 0. The number of hydrogen-bond acceptors (Lipinski definition) is 15. The van der Waals surface area contributed by atoms with Gasteiger partial charge in [-0.25, -0.2) is 4.79 Å². The number of carboxylic acids is 1. The first kappa shape index (κ1) is 93.7. The van der Waals surface area contributed by atoms with Crippen LogP contribution in [0, 0.1) is 0 Å². The summed E-state index contributed by atoms with van der Waals surface area (Å²) in [5.74, 6) is -1.20. The van der Waals surface area contributed by atoms with Crippen LogP contribution in [0.25, 0.3) is 33.4 Å². The Bertz CT molecular complexity index is 4190. The average molecular weight is 1770 g/mol. The number of ketones is 3. The first-order valence-electron chi connectivity index (χ1n) is 32.2. The molecule has 7 aromatic heterocycles. The number of thiophene rings is 7. The van der Waals surface area contributed by atoms with E-state index in [4.69, 9.17) is 127 Å². The molecule has 0 atom stereocenters. The summed E-state index contributed by atoms with van der Waals surface area (Å²) in [6.45, 7) is 4.58. The van der Waals surface area contributed by atoms with Gasteiger partial charge in [-0.2, -0.15) is 0 Å². The van der Waals surface area contributed by atoms with Crippen LogP contribution in [0.5, 0.6) is 0 Å². The molecule has 3 aromatic carbocycles. The molecule has 0 radical (unpaired) electrons. The maximum atomic E-state index is 12.8. The molecule has 11 nitrogen and oxygen atoms in total. The summed E-state index contributed by atoms with van der Waals surface area (Å²) < 4.78 is 0. The molecular weight excluding hydrogens is 1690 g/mol. The topological polar surface area (TPSA) is 190 Å². The van der Waals surface area contributed by atoms with Gasteiger partial charge in [0.15, 0.2) is 17.3 Å². The zero-order chi connectivity index (χ0) is 74.9. The van der Waals surface area contributed by atoms with Crippen LogP contribution in [0.1, 0.15) is 206 Å². The maximum Gasteiger partial charge on any atom is 0.345 e. The molecule has 570 valence electrons. The van der Waals surface area contributed by atoms with Crippen molar-refractivity contribution in [1.29, 1.82) is 0 Å². The van der Waals surface area contributed by atoms with Gasteiger partial charge in [-0.15, -0.1) is 149 Å². The van der Waals surface area contributed by atoms with E-state index in [0.29, 0.717) is 56.5 Å². The molecule has 106 heavy (non-hydrogen) atoms. The first-order valence-corrected chi connectivity index (χ1v) is 42.8. The predicted octanol–water partition coefficient (Wildman–Crippen LogP) is 28.3. The lowest BCUT2D eigenvalue weighted by molar-refractivity contribution is 0.0700. The van der Waals surface area contributed by atoms with Gasteiger partial charge in [0.1, 0.15) is 14.9 Å². The van der Waals surface area contributed by atoms with Gasteiger partial charge in [-0.1, -0.05) is 93.5 Å². The van der Waals surface area contributed by atoms with E-state index < -0.39 is 5.97 Å². The molecule has 10 aromatic rings. The lowest BCUT2D eigenvalue weighted by Gasteiger charge is -2.08. The molecule has 4 aliphatic rings. The number of carbonyl (C=O) groups is 7. The molecule has 0 saturated carbocycles. The highest BCUT2D eigenvalue weighted by Gasteiger charge is 2.26. The highest BCUT2D eigenvalue weighted by Crippen LogP contribution is 2.41. The first-order chi connectivity index (χ1) is 49.4. The fourth-order valence-electron chi connectivity index (χ4n) is 11.6. The number of nitrogen functional groups attached to an aromatic ring is 1. The van der Waals surface area contributed by atoms with Crippen molar-refractivity contribution >= 4 is 251 Å². The molecule has 0 spiro atoms. The summed E-state index contributed by atoms with van der Waals surface area (Å²) >= 11 is 62.0. The number of nitrogens with two attached hydrogens (primary N) is 1. The van der Waals surface area contributed by atoms with E-state index in [9.17, 15) is 33.6 Å². The lowest BCUT2D eigenvalue weighted by Crippen LogP contribution is -2.11. The van der Waals surface area contributed by atoms with Crippen molar-refractivity contribution in [3.8, 4) is 33.4 Å². The van der Waals surface area contributed by atoms with Crippen LogP contribution in [0.2, 0.25) is 15.1 Å². The zero-order valence-electron chi connectivity index (χ0n) is 55.9. The highest BCUT2D eigenvalue weighted by molar-refractivity contribution is 7.17. The number of carbonyl (C=O) groups excluding carboxylic acids is 6. The van der Waals surface area contributed by atoms with E-state index in [-0.39, 0.29) is 72.7 Å². The second-order valence-electron chi connectivity index (χ2n) is 23.1. The number of aryl methyl sites for hydroxylation is 8. The molecule has 0 bridgehead atoms. The highest BCUT2D eigenvalue weighted by atomic mass is 35.5. The predicted molar refractivity (Wildman–Crippen MR) is 466 cm³/mol. The number of benzene rings is 3. The number of hydrogen-bond donors (Lipinski definition) is 4. The number of aromatic carboxylic acids is 1. The second kappa shape index (κ2) is 47.5. The molecule has 14 rings (SSSR count). The third kappa shape index (κ3) is 27.1. The van der Waals surface area contributed by atoms with Crippen LogP contribution in [0.3, 0.4) is 0 Å². The number of carboxylic acid groups (broad SMARTS) is 1. The largest absolute Gasteiger partial charge is 0.477 e. The van der Waals surface area contributed by atoms with Crippen molar-refractivity contribution in [3.63, 3.8) is 0 Å². The zero-order valence-corrected chi connectivity index (χ0v) is 69.2. The van der Waals surface area contributed by atoms with Gasteiger partial charge < -0.3 is 21.5 Å². The lowest BCUT2D eigenvalue weighted by atomic mass is 9.99. The van der Waals surface area contributed by atoms with E-state index >= 15 is 0 Å². The smallest absolute Gasteiger partial charge is 0.345 e. The number of amides is 2. The Morgan fingerprint density at radius 2 is 0.651 bits per heavy atom. The monoisotopic (exact) mass is 1760 g/mol. The van der Waals surface area contributed by atoms with Crippen LogP contribution in [-0.2, 0) is 51.4 Å². The molecule has 0 saturated heterocycles. The normalized spacial score (nSPS) is 12.4. The van der Waals surface area contributed by atoms with Crippen molar-refractivity contribution in [2.45, 2.75) is 146 Å². The fourth-order valence-corrected chi connectivity index (χ4v) is 19.5. The molecule has 2 amide bonds. The molecule has 4 aliphatic carbocycles. The molecule has 7 heterocycles. The number of anilines is 3. The second-order valence-corrected chi connectivity index (χ2v) is 34.4. The molecule has 28 heteroatoms. The number of Topliss-reactive ketones (excluding diaryl/α,β-unsaturated/α-hetero) is 3. The minimum Gasteiger partial charge on any atom is -0.477 e. The fraction of sp³-hybridized carbons (Fsp3) is 0.321. The number of nitrogens with one attached hydrogen (secondary N) is 2. The van der Waals surface area contributed by atoms with Gasteiger partial charge in [0.05, 0.1) is 52.3 Å². The van der Waals surface area contributed by atoms with Gasteiger partial charge in [-0.3, -0.25) is 28.8 Å². The minimum atomic E-state index is -0.783. The molecule has 0 aliphatic heterocycles. The Kier molecular flexibility index (Phi) is 42.0. The SMILES string of the molecule is C.C.C.CC(=O)c1c(-c2ccc(Cl)cc2)csc1N.CC(=O)c1c(-c2ccc(Cl)cc2)csc1NC(=O)c1cc2c(s1)CCCC2.CC(=O)c1c(-c2ccc(Cl)cc2)csc1NC(=O)c1cc2c(s1)CCCC2.ClCCl.ClCCl.ClCCl.O=C(Cl)c1cc2c(s1)CCCC2.O=C(O)c1cc2c(s1)CCCC2. The Hall–Kier alpha value is -4.65. The third-order valence-corrected chi connectivity index (χ3v) is 24.8. The van der Waals surface area contributed by atoms with Crippen LogP contribution >= 0.6 is 195 Å². The van der Waals surface area contributed by atoms with E-state index in [2.05, 4.69) is 10.6 Å². The number of fused-ring (bicyclic) bond motifs is 4. The van der Waals surface area contributed by atoms with E-state index in [0.717, 1.165) is 94.5 Å². The van der Waals surface area contributed by atoms with Crippen molar-refractivity contribution < 1.29 is 38.7 Å². The molecular formula is C78H83Cl10N3O8S7. The van der Waals surface area contributed by atoms with E-state index in [1.54, 1.807) is 70.4 Å². The molecule has 0 fully saturated rings. The summed E-state index contributed by atoms with van der Waals surface area (Å²) in [4.78, 5) is 91.1. The van der Waals surface area contributed by atoms with E-state index in [1.165, 1.54) is 159 Å².